The molecule has 0 amide bonds. The number of carbonyl (C=O) groups is 3. The molecule has 0 radical (unpaired) electrons. The van der Waals surface area contributed by atoms with Crippen LogP contribution in [0.4, 0.5) is 0 Å². The number of methoxy groups -OCH3 is 1. The molecule has 20 heavy (non-hydrogen) atoms. The van der Waals surface area contributed by atoms with Gasteiger partial charge in [-0.15, -0.1) is 0 Å². The van der Waals surface area contributed by atoms with Gasteiger partial charge in [0.25, 0.3) is 0 Å². The molecule has 4 unspecified atom stereocenters. The van der Waals surface area contributed by atoms with Gasteiger partial charge in [0.15, 0.2) is 6.29 Å². The van der Waals surface area contributed by atoms with E-state index in [2.05, 4.69) is 27.3 Å². The molecule has 4 atom stereocenters. The molecule has 6 heteroatoms. The summed E-state index contributed by atoms with van der Waals surface area (Å²) in [6.45, 7) is 0. The molecule has 0 aromatic carbocycles. The van der Waals surface area contributed by atoms with E-state index in [0.717, 1.165) is 19.1 Å². The Morgan fingerprint density at radius 3 is 3.00 bits per heavy atom. The Hall–Kier alpha value is -0.500. The van der Waals surface area contributed by atoms with Crippen LogP contribution in [-0.4, -0.2) is 40.8 Å². The Balaban J connectivity index is 1.87. The van der Waals surface area contributed by atoms with Crippen molar-refractivity contribution in [2.75, 3.05) is 7.11 Å². The van der Waals surface area contributed by atoms with Gasteiger partial charge < -0.3 is 14.3 Å². The predicted molar refractivity (Wildman–Crippen MR) is 79.7 cm³/mol. The molecule has 1 heterocycles. The van der Waals surface area contributed by atoms with Crippen LogP contribution in [0.15, 0.2) is 0 Å². The van der Waals surface area contributed by atoms with E-state index in [9.17, 15) is 14.4 Å². The van der Waals surface area contributed by atoms with Crippen LogP contribution in [0.2, 0.25) is 0 Å². The van der Waals surface area contributed by atoms with E-state index < -0.39 is 5.60 Å². The molecule has 1 saturated carbocycles. The average molecular weight is 394 g/mol. The van der Waals surface area contributed by atoms with E-state index in [1.807, 2.05) is 0 Å². The number of hydrogen-bond donors (Lipinski definition) is 0. The predicted octanol–water partition coefficient (Wildman–Crippen LogP) is 1.84. The molecule has 0 spiro atoms. The lowest BCUT2D eigenvalue weighted by atomic mass is 9.90. The third-order valence-electron chi connectivity index (χ3n) is 4.27. The number of aldehydes is 1. The molecule has 2 aliphatic rings. The van der Waals surface area contributed by atoms with Crippen LogP contribution in [0.1, 0.15) is 38.5 Å². The maximum absolute atomic E-state index is 11.8. The molecule has 0 N–H and O–H groups in total. The van der Waals surface area contributed by atoms with Gasteiger partial charge in [-0.25, -0.2) is 0 Å². The fourth-order valence-corrected chi connectivity index (χ4v) is 3.97. The standard InChI is InChI=1S/C14H19IO5/c1-19-13(18)4-2-3-10(15)12-7-9-11(17)5-6-14(9,8-16)20-12/h8-10,12H,2-7H2,1H3. The van der Waals surface area contributed by atoms with E-state index in [-0.39, 0.29) is 27.7 Å². The number of rotatable bonds is 6. The highest BCUT2D eigenvalue weighted by atomic mass is 127. The van der Waals surface area contributed by atoms with Crippen LogP contribution in [0.5, 0.6) is 0 Å². The van der Waals surface area contributed by atoms with Crippen molar-refractivity contribution in [2.24, 2.45) is 5.92 Å². The highest BCUT2D eigenvalue weighted by Gasteiger charge is 2.56. The second kappa shape index (κ2) is 6.51. The summed E-state index contributed by atoms with van der Waals surface area (Å²) in [7, 11) is 1.38. The Kier molecular flexibility index (Phi) is 5.17. The minimum absolute atomic E-state index is 0.0762. The van der Waals surface area contributed by atoms with Crippen molar-refractivity contribution in [3.63, 3.8) is 0 Å². The van der Waals surface area contributed by atoms with Gasteiger partial charge in [-0.3, -0.25) is 9.59 Å². The average Bonchev–Trinajstić information content (AvgIpc) is 2.97. The Labute approximate surface area is 131 Å². The normalized spacial score (nSPS) is 33.8. The van der Waals surface area contributed by atoms with Gasteiger partial charge in [-0.05, 0) is 25.7 Å². The first-order chi connectivity index (χ1) is 9.52. The molecule has 0 aromatic heterocycles. The molecular weight excluding hydrogens is 375 g/mol. The van der Waals surface area contributed by atoms with Crippen molar-refractivity contribution < 1.29 is 23.9 Å². The number of ketones is 1. The summed E-state index contributed by atoms with van der Waals surface area (Å²) in [4.78, 5) is 34.2. The number of carbonyl (C=O) groups excluding carboxylic acids is 3. The number of ether oxygens (including phenoxy) is 2. The van der Waals surface area contributed by atoms with Gasteiger partial charge in [0.1, 0.15) is 11.4 Å². The summed E-state index contributed by atoms with van der Waals surface area (Å²) in [5.74, 6) is -0.321. The summed E-state index contributed by atoms with van der Waals surface area (Å²) in [5.41, 5.74) is -0.868. The largest absolute Gasteiger partial charge is 0.469 e. The van der Waals surface area contributed by atoms with Crippen LogP contribution >= 0.6 is 22.6 Å². The topological polar surface area (TPSA) is 69.7 Å². The minimum Gasteiger partial charge on any atom is -0.469 e. The van der Waals surface area contributed by atoms with Crippen LogP contribution < -0.4 is 0 Å². The van der Waals surface area contributed by atoms with Gasteiger partial charge >= 0.3 is 5.97 Å². The fourth-order valence-electron chi connectivity index (χ4n) is 3.09. The summed E-state index contributed by atoms with van der Waals surface area (Å²) in [6, 6.07) is 0. The van der Waals surface area contributed by atoms with Crippen molar-refractivity contribution in [3.05, 3.63) is 0 Å². The van der Waals surface area contributed by atoms with Crippen molar-refractivity contribution in [1.29, 1.82) is 0 Å². The number of hydrogen-bond acceptors (Lipinski definition) is 5. The molecule has 112 valence electrons. The van der Waals surface area contributed by atoms with Gasteiger partial charge in [-0.1, -0.05) is 22.6 Å². The minimum atomic E-state index is -0.868. The summed E-state index contributed by atoms with van der Waals surface area (Å²) in [6.07, 6.45) is 4.27. The van der Waals surface area contributed by atoms with Gasteiger partial charge in [0.2, 0.25) is 0 Å². The highest BCUT2D eigenvalue weighted by Crippen LogP contribution is 2.46. The monoisotopic (exact) mass is 394 g/mol. The van der Waals surface area contributed by atoms with E-state index >= 15 is 0 Å². The first-order valence-electron chi connectivity index (χ1n) is 6.90. The maximum atomic E-state index is 11.8. The smallest absolute Gasteiger partial charge is 0.305 e. The summed E-state index contributed by atoms with van der Waals surface area (Å²) < 4.78 is 10.7. The third-order valence-corrected chi connectivity index (χ3v) is 5.70. The van der Waals surface area contributed by atoms with E-state index in [1.165, 1.54) is 7.11 Å². The zero-order valence-electron chi connectivity index (χ0n) is 11.5. The highest BCUT2D eigenvalue weighted by molar-refractivity contribution is 14.1. The molecule has 2 fully saturated rings. The maximum Gasteiger partial charge on any atom is 0.305 e. The Morgan fingerprint density at radius 1 is 1.65 bits per heavy atom. The molecular formula is C14H19IO5. The number of esters is 1. The van der Waals surface area contributed by atoms with Crippen LogP contribution in [0, 0.1) is 5.92 Å². The second-order valence-electron chi connectivity index (χ2n) is 5.47. The Morgan fingerprint density at radius 2 is 2.40 bits per heavy atom. The lowest BCUT2D eigenvalue weighted by Crippen LogP contribution is -2.35. The Bertz CT molecular complexity index is 410. The zero-order chi connectivity index (χ0) is 14.8. The third kappa shape index (κ3) is 3.05. The van der Waals surface area contributed by atoms with E-state index in [1.54, 1.807) is 0 Å². The van der Waals surface area contributed by atoms with Crippen LogP contribution in [0.25, 0.3) is 0 Å². The molecule has 0 aromatic rings. The number of fused-ring (bicyclic) bond motifs is 1. The van der Waals surface area contributed by atoms with Gasteiger partial charge in [0, 0.05) is 16.8 Å². The van der Waals surface area contributed by atoms with Crippen molar-refractivity contribution in [3.8, 4) is 0 Å². The van der Waals surface area contributed by atoms with Gasteiger partial charge in [0.05, 0.1) is 19.1 Å². The first kappa shape index (κ1) is 15.9. The summed E-state index contributed by atoms with van der Waals surface area (Å²) in [5, 5.41) is 0. The van der Waals surface area contributed by atoms with Gasteiger partial charge in [-0.2, -0.15) is 0 Å². The van der Waals surface area contributed by atoms with Crippen molar-refractivity contribution in [1.82, 2.24) is 0 Å². The SMILES string of the molecule is COC(=O)CCCC(I)C1CC2C(=O)CCC2(C=O)O1. The first-order valence-corrected chi connectivity index (χ1v) is 8.14. The quantitative estimate of drug-likeness (QED) is 0.298. The fraction of sp³-hybridized carbons (Fsp3) is 0.786. The van der Waals surface area contributed by atoms with Crippen molar-refractivity contribution in [2.45, 2.75) is 54.2 Å². The number of Topliss-reactive ketones (excluding diaryl/α,β-unsaturated/α-hetero) is 1. The number of halogens is 1. The van der Waals surface area contributed by atoms with Crippen LogP contribution in [0.3, 0.4) is 0 Å². The molecule has 5 nitrogen and oxygen atoms in total. The van der Waals surface area contributed by atoms with E-state index in [0.29, 0.717) is 25.7 Å². The lowest BCUT2D eigenvalue weighted by Gasteiger charge is -2.23. The molecule has 1 aliphatic heterocycles. The van der Waals surface area contributed by atoms with Crippen LogP contribution in [-0.2, 0) is 23.9 Å². The van der Waals surface area contributed by atoms with E-state index in [4.69, 9.17) is 4.74 Å². The molecule has 0 bridgehead atoms. The molecule has 1 saturated heterocycles. The number of alkyl halides is 1. The lowest BCUT2D eigenvalue weighted by molar-refractivity contribution is -0.140. The molecule has 1 aliphatic carbocycles. The zero-order valence-corrected chi connectivity index (χ0v) is 13.6. The second-order valence-corrected chi connectivity index (χ2v) is 7.07. The van der Waals surface area contributed by atoms with Crippen molar-refractivity contribution >= 4 is 40.6 Å². The molecule has 2 rings (SSSR count). The summed E-state index contributed by atoms with van der Waals surface area (Å²) >= 11 is 2.29.